The number of amides is 2. The maximum Gasteiger partial charge on any atom is 0.231 e. The fourth-order valence-corrected chi connectivity index (χ4v) is 3.46. The summed E-state index contributed by atoms with van der Waals surface area (Å²) in [5, 5.41) is 3.97. The van der Waals surface area contributed by atoms with Crippen molar-refractivity contribution in [2.75, 3.05) is 16.8 Å². The van der Waals surface area contributed by atoms with Gasteiger partial charge >= 0.3 is 0 Å². The molecule has 0 radical (unpaired) electrons. The zero-order valence-electron chi connectivity index (χ0n) is 12.8. The molecule has 2 aromatic rings. The van der Waals surface area contributed by atoms with Gasteiger partial charge in [-0.1, -0.05) is 17.7 Å². The third-order valence-electron chi connectivity index (χ3n) is 3.88. The molecule has 5 nitrogen and oxygen atoms in total. The molecule has 1 aliphatic rings. The number of nitrogens with zero attached hydrogens (tertiary/aromatic N) is 2. The van der Waals surface area contributed by atoms with E-state index in [-0.39, 0.29) is 24.2 Å². The van der Waals surface area contributed by atoms with Crippen molar-refractivity contribution in [3.05, 3.63) is 39.9 Å². The van der Waals surface area contributed by atoms with E-state index in [0.717, 1.165) is 16.1 Å². The van der Waals surface area contributed by atoms with Crippen molar-refractivity contribution in [3.8, 4) is 0 Å². The molecule has 1 aromatic carbocycles. The number of aryl methyl sites for hydroxylation is 1. The molecule has 23 heavy (non-hydrogen) atoms. The van der Waals surface area contributed by atoms with Gasteiger partial charge in [-0.2, -0.15) is 0 Å². The summed E-state index contributed by atoms with van der Waals surface area (Å²) >= 11 is 7.54. The average molecular weight is 350 g/mol. The summed E-state index contributed by atoms with van der Waals surface area (Å²) in [7, 11) is 0. The van der Waals surface area contributed by atoms with Crippen LogP contribution in [0.2, 0.25) is 5.02 Å². The van der Waals surface area contributed by atoms with Gasteiger partial charge in [-0.05, 0) is 31.5 Å². The van der Waals surface area contributed by atoms with E-state index in [0.29, 0.717) is 16.7 Å². The molecule has 120 valence electrons. The first-order valence-corrected chi connectivity index (χ1v) is 8.44. The second kappa shape index (κ2) is 6.29. The van der Waals surface area contributed by atoms with Gasteiger partial charge in [0.2, 0.25) is 11.8 Å². The van der Waals surface area contributed by atoms with Crippen molar-refractivity contribution >= 4 is 45.6 Å². The Morgan fingerprint density at radius 1 is 1.43 bits per heavy atom. The summed E-state index contributed by atoms with van der Waals surface area (Å²) in [4.78, 5) is 31.4. The van der Waals surface area contributed by atoms with Crippen LogP contribution in [0.5, 0.6) is 0 Å². The summed E-state index contributed by atoms with van der Waals surface area (Å²) in [6.45, 7) is 4.16. The van der Waals surface area contributed by atoms with Gasteiger partial charge < -0.3 is 10.2 Å². The number of anilines is 2. The van der Waals surface area contributed by atoms with Crippen molar-refractivity contribution in [2.24, 2.45) is 5.92 Å². The number of carbonyl (C=O) groups is 2. The highest BCUT2D eigenvalue weighted by Gasteiger charge is 2.36. The second-order valence-corrected chi connectivity index (χ2v) is 7.20. The van der Waals surface area contributed by atoms with E-state index in [1.165, 1.54) is 11.3 Å². The fourth-order valence-electron chi connectivity index (χ4n) is 2.62. The van der Waals surface area contributed by atoms with Crippen LogP contribution in [0.3, 0.4) is 0 Å². The highest BCUT2D eigenvalue weighted by molar-refractivity contribution is 7.15. The monoisotopic (exact) mass is 349 g/mol. The predicted octanol–water partition coefficient (Wildman–Crippen LogP) is 3.40. The van der Waals surface area contributed by atoms with Crippen LogP contribution in [-0.4, -0.2) is 23.3 Å². The highest BCUT2D eigenvalue weighted by atomic mass is 35.5. The number of hydrogen-bond acceptors (Lipinski definition) is 4. The molecule has 7 heteroatoms. The number of rotatable bonds is 3. The normalized spacial score (nSPS) is 17.6. The largest absolute Gasteiger partial charge is 0.311 e. The lowest BCUT2D eigenvalue weighted by Gasteiger charge is -2.19. The van der Waals surface area contributed by atoms with Crippen molar-refractivity contribution < 1.29 is 9.59 Å². The smallest absolute Gasteiger partial charge is 0.231 e. The van der Waals surface area contributed by atoms with Crippen LogP contribution in [-0.2, 0) is 9.59 Å². The van der Waals surface area contributed by atoms with E-state index in [1.807, 2.05) is 26.0 Å². The first kappa shape index (κ1) is 16.0. The quantitative estimate of drug-likeness (QED) is 0.923. The molecule has 1 unspecified atom stereocenters. The van der Waals surface area contributed by atoms with Crippen molar-refractivity contribution in [1.82, 2.24) is 4.98 Å². The summed E-state index contributed by atoms with van der Waals surface area (Å²) in [5.41, 5.74) is 1.61. The average Bonchev–Trinajstić information content (AvgIpc) is 3.08. The SMILES string of the molecule is Cc1cnc(NC(=O)C2CC(=O)N(c3cccc(Cl)c3C)C2)s1. The number of aromatic nitrogens is 1. The number of nitrogens with one attached hydrogen (secondary N) is 1. The summed E-state index contributed by atoms with van der Waals surface area (Å²) < 4.78 is 0. The maximum atomic E-state index is 12.3. The van der Waals surface area contributed by atoms with E-state index in [4.69, 9.17) is 11.6 Å². The van der Waals surface area contributed by atoms with Gasteiger partial charge in [-0.25, -0.2) is 4.98 Å². The Morgan fingerprint density at radius 2 is 2.22 bits per heavy atom. The number of carbonyl (C=O) groups excluding carboxylic acids is 2. The molecule has 2 amide bonds. The Balaban J connectivity index is 1.74. The molecular formula is C16H16ClN3O2S. The van der Waals surface area contributed by atoms with E-state index >= 15 is 0 Å². The van der Waals surface area contributed by atoms with Gasteiger partial charge in [0.15, 0.2) is 5.13 Å². The molecule has 1 aliphatic heterocycles. The topological polar surface area (TPSA) is 62.3 Å². The third-order valence-corrected chi connectivity index (χ3v) is 5.11. The van der Waals surface area contributed by atoms with Gasteiger partial charge in [0.1, 0.15) is 0 Å². The highest BCUT2D eigenvalue weighted by Crippen LogP contribution is 2.32. The molecule has 1 saturated heterocycles. The van der Waals surface area contributed by atoms with E-state index in [2.05, 4.69) is 10.3 Å². The van der Waals surface area contributed by atoms with Gasteiger partial charge in [0.05, 0.1) is 5.92 Å². The molecule has 1 aromatic heterocycles. The van der Waals surface area contributed by atoms with Crippen LogP contribution in [0.4, 0.5) is 10.8 Å². The Morgan fingerprint density at radius 3 is 2.91 bits per heavy atom. The van der Waals surface area contributed by atoms with Crippen LogP contribution in [0.15, 0.2) is 24.4 Å². The zero-order chi connectivity index (χ0) is 16.6. The van der Waals surface area contributed by atoms with Crippen LogP contribution < -0.4 is 10.2 Å². The van der Waals surface area contributed by atoms with E-state index in [1.54, 1.807) is 17.2 Å². The standard InChI is InChI=1S/C16H16ClN3O2S/c1-9-7-18-16(23-9)19-15(22)11-6-14(21)20(8-11)13-5-3-4-12(17)10(13)2/h3-5,7,11H,6,8H2,1-2H3,(H,18,19,22). The van der Waals surface area contributed by atoms with Crippen LogP contribution in [0.1, 0.15) is 16.9 Å². The first-order chi connectivity index (χ1) is 11.0. The molecule has 0 spiro atoms. The molecule has 1 atom stereocenters. The molecule has 0 aliphatic carbocycles. The van der Waals surface area contributed by atoms with Crippen molar-refractivity contribution in [2.45, 2.75) is 20.3 Å². The molecule has 2 heterocycles. The molecule has 1 N–H and O–H groups in total. The van der Waals surface area contributed by atoms with Crippen LogP contribution in [0.25, 0.3) is 0 Å². The third kappa shape index (κ3) is 3.23. The fraction of sp³-hybridized carbons (Fsp3) is 0.312. The van der Waals surface area contributed by atoms with Gasteiger partial charge in [-0.15, -0.1) is 11.3 Å². The Labute approximate surface area is 143 Å². The number of hydrogen-bond donors (Lipinski definition) is 1. The van der Waals surface area contributed by atoms with E-state index in [9.17, 15) is 9.59 Å². The molecule has 0 bridgehead atoms. The summed E-state index contributed by atoms with van der Waals surface area (Å²) in [6.07, 6.45) is 1.91. The molecule has 0 saturated carbocycles. The minimum atomic E-state index is -0.384. The summed E-state index contributed by atoms with van der Waals surface area (Å²) in [5.74, 6) is -0.620. The minimum absolute atomic E-state index is 0.0640. The zero-order valence-corrected chi connectivity index (χ0v) is 14.4. The molecular weight excluding hydrogens is 334 g/mol. The number of benzene rings is 1. The van der Waals surface area contributed by atoms with Gasteiger partial charge in [-0.3, -0.25) is 9.59 Å². The van der Waals surface area contributed by atoms with Gasteiger partial charge in [0, 0.05) is 34.7 Å². The lowest BCUT2D eigenvalue weighted by atomic mass is 10.1. The second-order valence-electron chi connectivity index (χ2n) is 5.55. The van der Waals surface area contributed by atoms with Crippen molar-refractivity contribution in [1.29, 1.82) is 0 Å². The van der Waals surface area contributed by atoms with Crippen LogP contribution in [0, 0.1) is 19.8 Å². The Kier molecular flexibility index (Phi) is 4.37. The minimum Gasteiger partial charge on any atom is -0.311 e. The lowest BCUT2D eigenvalue weighted by molar-refractivity contribution is -0.122. The first-order valence-electron chi connectivity index (χ1n) is 7.24. The predicted molar refractivity (Wildman–Crippen MR) is 92.1 cm³/mol. The summed E-state index contributed by atoms with van der Waals surface area (Å²) in [6, 6.07) is 5.45. The van der Waals surface area contributed by atoms with E-state index < -0.39 is 0 Å². The van der Waals surface area contributed by atoms with Gasteiger partial charge in [0.25, 0.3) is 0 Å². The lowest BCUT2D eigenvalue weighted by Crippen LogP contribution is -2.28. The molecule has 3 rings (SSSR count). The Hall–Kier alpha value is -1.92. The Bertz CT molecular complexity index is 774. The number of halogens is 1. The maximum absolute atomic E-state index is 12.3. The van der Waals surface area contributed by atoms with Crippen LogP contribution >= 0.6 is 22.9 Å². The molecule has 1 fully saturated rings. The number of thiazole rings is 1. The van der Waals surface area contributed by atoms with Crippen molar-refractivity contribution in [3.63, 3.8) is 0 Å².